The molecule has 0 aliphatic rings. The predicted molar refractivity (Wildman–Crippen MR) is 55.8 cm³/mol. The Morgan fingerprint density at radius 1 is 0.917 bits per heavy atom. The second-order valence-electron chi connectivity index (χ2n) is 2.32. The fourth-order valence-corrected chi connectivity index (χ4v) is 0.784. The van der Waals surface area contributed by atoms with Crippen LogP contribution in [0.1, 0.15) is 19.4 Å². The van der Waals surface area contributed by atoms with Gasteiger partial charge >= 0.3 is 0 Å². The van der Waals surface area contributed by atoms with E-state index in [2.05, 4.69) is 0 Å². The van der Waals surface area contributed by atoms with Crippen LogP contribution in [0.2, 0.25) is 0 Å². The van der Waals surface area contributed by atoms with Gasteiger partial charge in [0.05, 0.1) is 0 Å². The standard InChI is InChI=1S/C7H11N3.C2H6/c1-4-6(9)2-5(8)3-7(4)10;1-2/h2-3H,8-10H2,1H3;1-2H3. The summed E-state index contributed by atoms with van der Waals surface area (Å²) in [6, 6.07) is 3.40. The number of rotatable bonds is 0. The molecule has 0 bridgehead atoms. The number of nitrogen functional groups attached to an aromatic ring is 3. The van der Waals surface area contributed by atoms with Crippen molar-refractivity contribution in [1.29, 1.82) is 0 Å². The van der Waals surface area contributed by atoms with Gasteiger partial charge in [0, 0.05) is 17.1 Å². The van der Waals surface area contributed by atoms with Gasteiger partial charge in [0.25, 0.3) is 0 Å². The third-order valence-corrected chi connectivity index (χ3v) is 1.51. The maximum absolute atomic E-state index is 5.56. The highest BCUT2D eigenvalue weighted by molar-refractivity contribution is 5.68. The first-order chi connectivity index (χ1) is 5.61. The van der Waals surface area contributed by atoms with Gasteiger partial charge in [0.2, 0.25) is 0 Å². The molecule has 0 aliphatic heterocycles. The quantitative estimate of drug-likeness (QED) is 0.515. The van der Waals surface area contributed by atoms with Crippen LogP contribution in [0.15, 0.2) is 12.1 Å². The molecule has 1 aromatic carbocycles. The van der Waals surface area contributed by atoms with Gasteiger partial charge in [-0.3, -0.25) is 0 Å². The Bertz CT molecular complexity index is 233. The maximum Gasteiger partial charge on any atom is 0.0385 e. The van der Waals surface area contributed by atoms with Crippen LogP contribution in [0, 0.1) is 6.92 Å². The van der Waals surface area contributed by atoms with Gasteiger partial charge < -0.3 is 17.2 Å². The minimum atomic E-state index is 0.612. The lowest BCUT2D eigenvalue weighted by Gasteiger charge is -2.04. The largest absolute Gasteiger partial charge is 0.399 e. The third-order valence-electron chi connectivity index (χ3n) is 1.51. The van der Waals surface area contributed by atoms with Crippen LogP contribution < -0.4 is 17.2 Å². The van der Waals surface area contributed by atoms with Gasteiger partial charge in [-0.25, -0.2) is 0 Å². The highest BCUT2D eigenvalue weighted by atomic mass is 14.7. The van der Waals surface area contributed by atoms with Crippen LogP contribution in [0.4, 0.5) is 17.1 Å². The molecule has 0 amide bonds. The van der Waals surface area contributed by atoms with Crippen molar-refractivity contribution >= 4 is 17.1 Å². The Morgan fingerprint density at radius 3 is 1.58 bits per heavy atom. The summed E-state index contributed by atoms with van der Waals surface area (Å²) in [6.07, 6.45) is 0. The Labute approximate surface area is 73.6 Å². The van der Waals surface area contributed by atoms with Crippen LogP contribution >= 0.6 is 0 Å². The average molecular weight is 167 g/mol. The van der Waals surface area contributed by atoms with E-state index < -0.39 is 0 Å². The molecule has 1 rings (SSSR count). The van der Waals surface area contributed by atoms with E-state index in [0.717, 1.165) is 5.56 Å². The van der Waals surface area contributed by atoms with Crippen molar-refractivity contribution in [3.8, 4) is 0 Å². The van der Waals surface area contributed by atoms with Crippen molar-refractivity contribution in [3.63, 3.8) is 0 Å². The van der Waals surface area contributed by atoms with Crippen molar-refractivity contribution in [2.45, 2.75) is 20.8 Å². The summed E-state index contributed by atoms with van der Waals surface area (Å²) in [5.41, 5.74) is 19.4. The SMILES string of the molecule is CC.Cc1c(N)cc(N)cc1N. The van der Waals surface area contributed by atoms with E-state index in [1.165, 1.54) is 0 Å². The number of anilines is 3. The van der Waals surface area contributed by atoms with Gasteiger partial charge in [0.1, 0.15) is 0 Å². The summed E-state index contributed by atoms with van der Waals surface area (Å²) in [5, 5.41) is 0. The van der Waals surface area contributed by atoms with Gasteiger partial charge in [-0.05, 0) is 24.6 Å². The molecule has 1 aromatic rings. The Balaban J connectivity index is 0.000000561. The Morgan fingerprint density at radius 2 is 1.25 bits per heavy atom. The fourth-order valence-electron chi connectivity index (χ4n) is 0.784. The zero-order valence-electron chi connectivity index (χ0n) is 7.89. The summed E-state index contributed by atoms with van der Waals surface area (Å²) >= 11 is 0. The molecule has 0 aromatic heterocycles. The number of nitrogens with two attached hydrogens (primary N) is 3. The molecule has 6 N–H and O–H groups in total. The van der Waals surface area contributed by atoms with E-state index >= 15 is 0 Å². The lowest BCUT2D eigenvalue weighted by atomic mass is 10.1. The van der Waals surface area contributed by atoms with E-state index in [1.54, 1.807) is 12.1 Å². The molecule has 3 heteroatoms. The fraction of sp³-hybridized carbons (Fsp3) is 0.333. The van der Waals surface area contributed by atoms with Crippen molar-refractivity contribution < 1.29 is 0 Å². The van der Waals surface area contributed by atoms with E-state index in [0.29, 0.717) is 17.1 Å². The first-order valence-electron chi connectivity index (χ1n) is 4.02. The van der Waals surface area contributed by atoms with Crippen LogP contribution in [0.3, 0.4) is 0 Å². The lowest BCUT2D eigenvalue weighted by molar-refractivity contribution is 1.47. The molecule has 0 saturated heterocycles. The van der Waals surface area contributed by atoms with Crippen molar-refractivity contribution in [1.82, 2.24) is 0 Å². The molecule has 0 fully saturated rings. The van der Waals surface area contributed by atoms with Crippen LogP contribution in [0.5, 0.6) is 0 Å². The monoisotopic (exact) mass is 167 g/mol. The molecule has 0 aliphatic carbocycles. The summed E-state index contributed by atoms with van der Waals surface area (Å²) in [7, 11) is 0. The second kappa shape index (κ2) is 4.49. The van der Waals surface area contributed by atoms with Crippen LogP contribution in [-0.2, 0) is 0 Å². The van der Waals surface area contributed by atoms with Crippen molar-refractivity contribution in [2.75, 3.05) is 17.2 Å². The molecule has 0 heterocycles. The van der Waals surface area contributed by atoms with E-state index in [1.807, 2.05) is 20.8 Å². The van der Waals surface area contributed by atoms with Gasteiger partial charge in [-0.1, -0.05) is 13.8 Å². The second-order valence-corrected chi connectivity index (χ2v) is 2.32. The van der Waals surface area contributed by atoms with E-state index in [9.17, 15) is 0 Å². The highest BCUT2D eigenvalue weighted by Crippen LogP contribution is 2.21. The number of benzene rings is 1. The molecule has 0 radical (unpaired) electrons. The minimum absolute atomic E-state index is 0.612. The van der Waals surface area contributed by atoms with E-state index in [4.69, 9.17) is 17.2 Å². The molecular weight excluding hydrogens is 150 g/mol. The first kappa shape index (κ1) is 10.6. The van der Waals surface area contributed by atoms with Gasteiger partial charge in [0.15, 0.2) is 0 Å². The van der Waals surface area contributed by atoms with E-state index in [-0.39, 0.29) is 0 Å². The maximum atomic E-state index is 5.56. The highest BCUT2D eigenvalue weighted by Gasteiger charge is 1.97. The first-order valence-corrected chi connectivity index (χ1v) is 4.02. The Kier molecular flexibility index (Phi) is 3.97. The third kappa shape index (κ3) is 2.34. The van der Waals surface area contributed by atoms with Crippen LogP contribution in [0.25, 0.3) is 0 Å². The number of hydrogen-bond donors (Lipinski definition) is 3. The molecule has 0 unspecified atom stereocenters. The van der Waals surface area contributed by atoms with Crippen molar-refractivity contribution in [3.05, 3.63) is 17.7 Å². The summed E-state index contributed by atoms with van der Waals surface area (Å²) in [6.45, 7) is 5.87. The zero-order chi connectivity index (χ0) is 9.72. The topological polar surface area (TPSA) is 78.1 Å². The van der Waals surface area contributed by atoms with Crippen molar-refractivity contribution in [2.24, 2.45) is 0 Å². The predicted octanol–water partition coefficient (Wildman–Crippen LogP) is 1.77. The molecule has 12 heavy (non-hydrogen) atoms. The lowest BCUT2D eigenvalue weighted by Crippen LogP contribution is -1.98. The number of hydrogen-bond acceptors (Lipinski definition) is 3. The molecular formula is C9H17N3. The normalized spacial score (nSPS) is 8.58. The average Bonchev–Trinajstić information content (AvgIpc) is 2.04. The van der Waals surface area contributed by atoms with Gasteiger partial charge in [-0.2, -0.15) is 0 Å². The minimum Gasteiger partial charge on any atom is -0.399 e. The van der Waals surface area contributed by atoms with Gasteiger partial charge in [-0.15, -0.1) is 0 Å². The molecule has 3 nitrogen and oxygen atoms in total. The molecule has 0 atom stereocenters. The Hall–Kier alpha value is -1.38. The summed E-state index contributed by atoms with van der Waals surface area (Å²) in [5.74, 6) is 0. The molecule has 68 valence electrons. The smallest absolute Gasteiger partial charge is 0.0385 e. The molecule has 0 spiro atoms. The summed E-state index contributed by atoms with van der Waals surface area (Å²) < 4.78 is 0. The zero-order valence-corrected chi connectivity index (χ0v) is 7.89. The van der Waals surface area contributed by atoms with Crippen LogP contribution in [-0.4, -0.2) is 0 Å². The molecule has 0 saturated carbocycles. The summed E-state index contributed by atoms with van der Waals surface area (Å²) in [4.78, 5) is 0.